The van der Waals surface area contributed by atoms with Gasteiger partial charge >= 0.3 is 5.97 Å². The van der Waals surface area contributed by atoms with E-state index in [0.717, 1.165) is 5.75 Å². The number of ether oxygens (including phenoxy) is 2. The molecule has 0 unspecified atom stereocenters. The molecule has 0 N–H and O–H groups in total. The third kappa shape index (κ3) is 4.28. The second kappa shape index (κ2) is 7.14. The van der Waals surface area contributed by atoms with Crippen molar-refractivity contribution in [3.8, 4) is 11.5 Å². The predicted molar refractivity (Wildman–Crippen MR) is 77.8 cm³/mol. The Balaban J connectivity index is 1.76. The first kappa shape index (κ1) is 13.9. The minimum absolute atomic E-state index is 0.393. The molecule has 0 aliphatic heterocycles. The zero-order valence-electron chi connectivity index (χ0n) is 11.1. The number of para-hydroxylation sites is 2. The van der Waals surface area contributed by atoms with Crippen molar-refractivity contribution in [2.75, 3.05) is 6.61 Å². The van der Waals surface area contributed by atoms with Crippen LogP contribution in [0.3, 0.4) is 0 Å². The molecule has 0 aliphatic carbocycles. The first-order chi connectivity index (χ1) is 9.75. The van der Waals surface area contributed by atoms with Crippen molar-refractivity contribution < 1.29 is 14.3 Å². The Bertz CT molecular complexity index is 561. The van der Waals surface area contributed by atoms with Crippen LogP contribution in [-0.4, -0.2) is 12.6 Å². The minimum Gasteiger partial charge on any atom is -0.493 e. The summed E-state index contributed by atoms with van der Waals surface area (Å²) < 4.78 is 10.7. The molecule has 0 fully saturated rings. The molecule has 0 spiro atoms. The van der Waals surface area contributed by atoms with Gasteiger partial charge in [0, 0.05) is 12.0 Å². The molecule has 102 valence electrons. The van der Waals surface area contributed by atoms with Crippen LogP contribution >= 0.6 is 0 Å². The largest absolute Gasteiger partial charge is 0.493 e. The van der Waals surface area contributed by atoms with Crippen molar-refractivity contribution in [1.82, 2.24) is 0 Å². The molecule has 0 saturated heterocycles. The summed E-state index contributed by atoms with van der Waals surface area (Å²) in [4.78, 5) is 11.8. The molecule has 0 bridgehead atoms. The summed E-state index contributed by atoms with van der Waals surface area (Å²) in [6, 6.07) is 18.4. The molecule has 0 heterocycles. The lowest BCUT2D eigenvalue weighted by Gasteiger charge is -2.08. The van der Waals surface area contributed by atoms with Crippen LogP contribution in [0, 0.1) is 0 Å². The van der Waals surface area contributed by atoms with Crippen molar-refractivity contribution in [2.24, 2.45) is 0 Å². The summed E-state index contributed by atoms with van der Waals surface area (Å²) in [6.45, 7) is 4.12. The molecule has 0 atom stereocenters. The third-order valence-electron chi connectivity index (χ3n) is 2.66. The maximum atomic E-state index is 11.8. The number of rotatable bonds is 6. The van der Waals surface area contributed by atoms with Crippen LogP contribution in [-0.2, 0) is 4.79 Å². The molecule has 0 radical (unpaired) electrons. The van der Waals surface area contributed by atoms with Crippen LogP contribution in [0.15, 0.2) is 72.8 Å². The van der Waals surface area contributed by atoms with Crippen LogP contribution in [0.1, 0.15) is 6.42 Å². The van der Waals surface area contributed by atoms with Crippen LogP contribution in [0.5, 0.6) is 11.5 Å². The standard InChI is InChI=1S/C17H16O3/c1-14(12-13-19-15-8-4-2-5-9-15)17(18)20-16-10-6-3-7-11-16/h2-11H,1,12-13H2. The SMILES string of the molecule is C=C(CCOc1ccccc1)C(=O)Oc1ccccc1. The Labute approximate surface area is 118 Å². The molecule has 3 heteroatoms. The lowest BCUT2D eigenvalue weighted by molar-refractivity contribution is -0.130. The summed E-state index contributed by atoms with van der Waals surface area (Å²) in [7, 11) is 0. The summed E-state index contributed by atoms with van der Waals surface area (Å²) in [6.07, 6.45) is 0.431. The average molecular weight is 268 g/mol. The van der Waals surface area contributed by atoms with E-state index >= 15 is 0 Å². The van der Waals surface area contributed by atoms with Crippen molar-refractivity contribution in [1.29, 1.82) is 0 Å². The molecule has 3 nitrogen and oxygen atoms in total. The van der Waals surface area contributed by atoms with E-state index in [4.69, 9.17) is 9.47 Å². The number of hydrogen-bond donors (Lipinski definition) is 0. The maximum Gasteiger partial charge on any atom is 0.338 e. The molecular weight excluding hydrogens is 252 g/mol. The Morgan fingerprint density at radius 1 is 0.900 bits per heavy atom. The Morgan fingerprint density at radius 3 is 2.05 bits per heavy atom. The van der Waals surface area contributed by atoms with Gasteiger partial charge in [0.1, 0.15) is 11.5 Å². The van der Waals surface area contributed by atoms with Crippen LogP contribution < -0.4 is 9.47 Å². The smallest absolute Gasteiger partial charge is 0.338 e. The van der Waals surface area contributed by atoms with Crippen molar-refractivity contribution in [2.45, 2.75) is 6.42 Å². The van der Waals surface area contributed by atoms with E-state index < -0.39 is 5.97 Å². The van der Waals surface area contributed by atoms with Gasteiger partial charge in [-0.3, -0.25) is 0 Å². The maximum absolute atomic E-state index is 11.8. The molecule has 0 aliphatic rings. The van der Waals surface area contributed by atoms with E-state index in [1.165, 1.54) is 0 Å². The number of carbonyl (C=O) groups is 1. The third-order valence-corrected chi connectivity index (χ3v) is 2.66. The van der Waals surface area contributed by atoms with Crippen molar-refractivity contribution in [3.63, 3.8) is 0 Å². The van der Waals surface area contributed by atoms with E-state index in [9.17, 15) is 4.79 Å². The van der Waals surface area contributed by atoms with Crippen LogP contribution in [0.25, 0.3) is 0 Å². The zero-order valence-corrected chi connectivity index (χ0v) is 11.1. The minimum atomic E-state index is -0.423. The number of hydrogen-bond acceptors (Lipinski definition) is 3. The highest BCUT2D eigenvalue weighted by Crippen LogP contribution is 2.13. The van der Waals surface area contributed by atoms with E-state index in [-0.39, 0.29) is 0 Å². The van der Waals surface area contributed by atoms with Gasteiger partial charge < -0.3 is 9.47 Å². The highest BCUT2D eigenvalue weighted by atomic mass is 16.5. The van der Waals surface area contributed by atoms with Gasteiger partial charge in [0.25, 0.3) is 0 Å². The lowest BCUT2D eigenvalue weighted by Crippen LogP contribution is -2.12. The van der Waals surface area contributed by atoms with Crippen molar-refractivity contribution >= 4 is 5.97 Å². The monoisotopic (exact) mass is 268 g/mol. The van der Waals surface area contributed by atoms with Gasteiger partial charge in [0.15, 0.2) is 0 Å². The fourth-order valence-electron chi connectivity index (χ4n) is 1.58. The van der Waals surface area contributed by atoms with E-state index in [2.05, 4.69) is 6.58 Å². The second-order valence-corrected chi connectivity index (χ2v) is 4.22. The van der Waals surface area contributed by atoms with Gasteiger partial charge in [0.05, 0.1) is 6.61 Å². The number of benzene rings is 2. The highest BCUT2D eigenvalue weighted by Gasteiger charge is 2.09. The molecule has 2 aromatic rings. The van der Waals surface area contributed by atoms with Gasteiger partial charge in [-0.25, -0.2) is 4.79 Å². The number of carbonyl (C=O) groups excluding carboxylic acids is 1. The Kier molecular flexibility index (Phi) is 4.95. The first-order valence-electron chi connectivity index (χ1n) is 6.38. The normalized spacial score (nSPS) is 9.80. The lowest BCUT2D eigenvalue weighted by atomic mass is 10.2. The molecule has 20 heavy (non-hydrogen) atoms. The van der Waals surface area contributed by atoms with Crippen molar-refractivity contribution in [3.05, 3.63) is 72.8 Å². The zero-order chi connectivity index (χ0) is 14.2. The summed E-state index contributed by atoms with van der Waals surface area (Å²) in [5, 5.41) is 0. The topological polar surface area (TPSA) is 35.5 Å². The summed E-state index contributed by atoms with van der Waals surface area (Å²) in [5.41, 5.74) is 0.393. The average Bonchev–Trinajstić information content (AvgIpc) is 2.49. The highest BCUT2D eigenvalue weighted by molar-refractivity contribution is 5.89. The Hall–Kier alpha value is -2.55. The molecule has 0 amide bonds. The van der Waals surface area contributed by atoms with E-state index in [1.54, 1.807) is 12.1 Å². The molecule has 2 rings (SSSR count). The molecule has 2 aromatic carbocycles. The predicted octanol–water partition coefficient (Wildman–Crippen LogP) is 3.62. The van der Waals surface area contributed by atoms with Gasteiger partial charge in [-0.15, -0.1) is 0 Å². The van der Waals surface area contributed by atoms with E-state index in [1.807, 2.05) is 48.5 Å². The van der Waals surface area contributed by atoms with Gasteiger partial charge in [-0.05, 0) is 24.3 Å². The molecular formula is C17H16O3. The fourth-order valence-corrected chi connectivity index (χ4v) is 1.58. The number of esters is 1. The van der Waals surface area contributed by atoms with E-state index in [0.29, 0.717) is 24.4 Å². The van der Waals surface area contributed by atoms with Crippen LogP contribution in [0.2, 0.25) is 0 Å². The first-order valence-corrected chi connectivity index (χ1v) is 6.38. The fraction of sp³-hybridized carbons (Fsp3) is 0.118. The quantitative estimate of drug-likeness (QED) is 0.456. The molecule has 0 saturated carbocycles. The molecule has 0 aromatic heterocycles. The van der Waals surface area contributed by atoms with Gasteiger partial charge in [-0.1, -0.05) is 43.0 Å². The summed E-state index contributed by atoms with van der Waals surface area (Å²) >= 11 is 0. The van der Waals surface area contributed by atoms with Gasteiger partial charge in [-0.2, -0.15) is 0 Å². The summed E-state index contributed by atoms with van der Waals surface area (Å²) in [5.74, 6) is 0.868. The van der Waals surface area contributed by atoms with Crippen LogP contribution in [0.4, 0.5) is 0 Å². The van der Waals surface area contributed by atoms with Gasteiger partial charge in [0.2, 0.25) is 0 Å². The second-order valence-electron chi connectivity index (χ2n) is 4.22. The Morgan fingerprint density at radius 2 is 1.45 bits per heavy atom.